The van der Waals surface area contributed by atoms with Gasteiger partial charge < -0.3 is 5.11 Å². The summed E-state index contributed by atoms with van der Waals surface area (Å²) in [6, 6.07) is 8.42. The fraction of sp³-hybridized carbons (Fsp3) is 0. The molecular weight excluding hydrogens is 200 g/mol. The van der Waals surface area contributed by atoms with E-state index in [-0.39, 0.29) is 5.57 Å². The van der Waals surface area contributed by atoms with Gasteiger partial charge in [0.05, 0.1) is 5.57 Å². The summed E-state index contributed by atoms with van der Waals surface area (Å²) in [6.07, 6.45) is 0.987. The van der Waals surface area contributed by atoms with Crippen molar-refractivity contribution in [2.75, 3.05) is 0 Å². The van der Waals surface area contributed by atoms with Gasteiger partial charge in [0.25, 0.3) is 0 Å². The van der Waals surface area contributed by atoms with Crippen LogP contribution in [0.2, 0.25) is 0 Å². The molecular formula is C10H8O3S. The molecule has 0 radical (unpaired) electrons. The van der Waals surface area contributed by atoms with E-state index in [2.05, 4.69) is 12.6 Å². The van der Waals surface area contributed by atoms with Crippen LogP contribution in [0.3, 0.4) is 0 Å². The summed E-state index contributed by atoms with van der Waals surface area (Å²) in [5, 5.41) is 8.24. The second-order valence-electron chi connectivity index (χ2n) is 2.57. The van der Waals surface area contributed by atoms with Crippen LogP contribution in [0.4, 0.5) is 0 Å². The molecule has 3 nitrogen and oxygen atoms in total. The van der Waals surface area contributed by atoms with Gasteiger partial charge in [-0.2, -0.15) is 0 Å². The highest BCUT2D eigenvalue weighted by Gasteiger charge is 2.10. The summed E-state index contributed by atoms with van der Waals surface area (Å²) in [5.41, 5.74) is 0.438. The Morgan fingerprint density at radius 1 is 1.21 bits per heavy atom. The van der Waals surface area contributed by atoms with Gasteiger partial charge in [-0.25, -0.2) is 4.79 Å². The molecule has 0 amide bonds. The summed E-state index contributed by atoms with van der Waals surface area (Å²) in [4.78, 5) is 21.4. The van der Waals surface area contributed by atoms with E-state index in [1.807, 2.05) is 0 Å². The van der Waals surface area contributed by atoms with Crippen LogP contribution in [0.1, 0.15) is 5.56 Å². The zero-order chi connectivity index (χ0) is 10.6. The van der Waals surface area contributed by atoms with Crippen molar-refractivity contribution in [3.8, 4) is 0 Å². The zero-order valence-electron chi connectivity index (χ0n) is 7.18. The van der Waals surface area contributed by atoms with Crippen LogP contribution in [0.25, 0.3) is 5.57 Å². The second-order valence-corrected chi connectivity index (χ2v) is 3.01. The number of carboxylic acid groups (broad SMARTS) is 1. The maximum atomic E-state index is 10.8. The monoisotopic (exact) mass is 208 g/mol. The number of carboxylic acids is 1. The van der Waals surface area contributed by atoms with Crippen LogP contribution in [0.15, 0.2) is 36.4 Å². The molecule has 0 aliphatic carbocycles. The first-order valence-corrected chi connectivity index (χ1v) is 4.29. The molecule has 0 aliphatic heterocycles. The van der Waals surface area contributed by atoms with Crippen molar-refractivity contribution in [2.24, 2.45) is 0 Å². The van der Waals surface area contributed by atoms with Crippen molar-refractivity contribution in [3.63, 3.8) is 0 Å². The smallest absolute Gasteiger partial charge is 0.336 e. The number of rotatable bonds is 3. The maximum absolute atomic E-state index is 10.8. The van der Waals surface area contributed by atoms with Gasteiger partial charge in [-0.1, -0.05) is 30.3 Å². The van der Waals surface area contributed by atoms with E-state index < -0.39 is 11.1 Å². The summed E-state index contributed by atoms with van der Waals surface area (Å²) in [6.45, 7) is 0. The molecule has 1 N–H and O–H groups in total. The lowest BCUT2D eigenvalue weighted by atomic mass is 10.1. The molecule has 0 saturated carbocycles. The Bertz CT molecular complexity index is 382. The average Bonchev–Trinajstić information content (AvgIpc) is 2.15. The molecule has 0 unspecified atom stereocenters. The standard InChI is InChI=1S/C10H8O3S/c11-9(14)6-8(10(12)13)7-4-2-1-3-5-7/h1-6H,(H,11,14)(H,12,13)/b8-6+. The third kappa shape index (κ3) is 2.74. The van der Waals surface area contributed by atoms with E-state index in [4.69, 9.17) is 5.11 Å². The largest absolute Gasteiger partial charge is 0.478 e. The first-order chi connectivity index (χ1) is 6.61. The van der Waals surface area contributed by atoms with Crippen LogP contribution in [-0.4, -0.2) is 16.2 Å². The van der Waals surface area contributed by atoms with E-state index in [9.17, 15) is 9.59 Å². The number of aliphatic carboxylic acids is 1. The summed E-state index contributed by atoms with van der Waals surface area (Å²) < 4.78 is 0. The maximum Gasteiger partial charge on any atom is 0.336 e. The predicted molar refractivity (Wildman–Crippen MR) is 56.0 cm³/mol. The van der Waals surface area contributed by atoms with Gasteiger partial charge in [0.15, 0.2) is 0 Å². The molecule has 0 aliphatic rings. The van der Waals surface area contributed by atoms with Crippen molar-refractivity contribution in [1.29, 1.82) is 0 Å². The van der Waals surface area contributed by atoms with Gasteiger partial charge in [-0.05, 0) is 5.56 Å². The molecule has 0 spiro atoms. The Hall–Kier alpha value is -1.55. The predicted octanol–water partition coefficient (Wildman–Crippen LogP) is 1.61. The summed E-state index contributed by atoms with van der Waals surface area (Å²) in [5.74, 6) is -1.14. The van der Waals surface area contributed by atoms with Crippen LogP contribution >= 0.6 is 12.6 Å². The Kier molecular flexibility index (Phi) is 3.48. The van der Waals surface area contributed by atoms with Crippen LogP contribution < -0.4 is 0 Å². The Morgan fingerprint density at radius 3 is 2.21 bits per heavy atom. The number of carbonyl (C=O) groups excluding carboxylic acids is 1. The molecule has 4 heteroatoms. The molecule has 0 saturated heterocycles. The van der Waals surface area contributed by atoms with Gasteiger partial charge in [0.2, 0.25) is 5.12 Å². The van der Waals surface area contributed by atoms with E-state index in [1.165, 1.54) is 0 Å². The third-order valence-corrected chi connectivity index (χ3v) is 1.71. The Labute approximate surface area is 86.5 Å². The number of carbonyl (C=O) groups is 2. The highest BCUT2D eigenvalue weighted by Crippen LogP contribution is 2.14. The van der Waals surface area contributed by atoms with Crippen molar-refractivity contribution < 1.29 is 14.7 Å². The van der Waals surface area contributed by atoms with Crippen molar-refractivity contribution in [2.45, 2.75) is 0 Å². The Balaban J connectivity index is 3.14. The molecule has 0 aromatic heterocycles. The van der Waals surface area contributed by atoms with E-state index in [0.717, 1.165) is 6.08 Å². The third-order valence-electron chi connectivity index (χ3n) is 1.58. The molecule has 0 fully saturated rings. The minimum absolute atomic E-state index is 0.0504. The van der Waals surface area contributed by atoms with E-state index in [1.54, 1.807) is 30.3 Å². The molecule has 72 valence electrons. The van der Waals surface area contributed by atoms with Gasteiger partial charge in [-0.15, -0.1) is 12.6 Å². The SMILES string of the molecule is O=C(S)/C=C(/C(=O)O)c1ccccc1. The summed E-state index contributed by atoms with van der Waals surface area (Å²) in [7, 11) is 0. The summed E-state index contributed by atoms with van der Waals surface area (Å²) >= 11 is 3.50. The first-order valence-electron chi connectivity index (χ1n) is 3.84. The average molecular weight is 208 g/mol. The fourth-order valence-corrected chi connectivity index (χ4v) is 1.14. The molecule has 1 aromatic carbocycles. The number of thiol groups is 1. The minimum atomic E-state index is -1.14. The fourth-order valence-electron chi connectivity index (χ4n) is 1.01. The lowest BCUT2D eigenvalue weighted by Gasteiger charge is -2.00. The van der Waals surface area contributed by atoms with Crippen molar-refractivity contribution >= 4 is 29.3 Å². The zero-order valence-corrected chi connectivity index (χ0v) is 8.07. The van der Waals surface area contributed by atoms with Crippen LogP contribution in [0, 0.1) is 0 Å². The lowest BCUT2D eigenvalue weighted by Crippen LogP contribution is -2.01. The molecule has 0 bridgehead atoms. The normalized spacial score (nSPS) is 11.1. The topological polar surface area (TPSA) is 54.4 Å². The molecule has 1 rings (SSSR count). The number of hydrogen-bond acceptors (Lipinski definition) is 2. The minimum Gasteiger partial charge on any atom is -0.478 e. The molecule has 1 aromatic rings. The quantitative estimate of drug-likeness (QED) is 0.586. The highest BCUT2D eigenvalue weighted by molar-refractivity contribution is 7.97. The van der Waals surface area contributed by atoms with Crippen LogP contribution in [0.5, 0.6) is 0 Å². The van der Waals surface area contributed by atoms with Crippen LogP contribution in [-0.2, 0) is 9.59 Å². The molecule has 0 heterocycles. The van der Waals surface area contributed by atoms with E-state index in [0.29, 0.717) is 5.56 Å². The van der Waals surface area contributed by atoms with Crippen molar-refractivity contribution in [1.82, 2.24) is 0 Å². The molecule has 14 heavy (non-hydrogen) atoms. The first kappa shape index (κ1) is 10.5. The number of hydrogen-bond donors (Lipinski definition) is 2. The van der Waals surface area contributed by atoms with Crippen molar-refractivity contribution in [3.05, 3.63) is 42.0 Å². The number of benzene rings is 1. The van der Waals surface area contributed by atoms with Gasteiger partial charge >= 0.3 is 5.97 Å². The second kappa shape index (κ2) is 4.62. The Morgan fingerprint density at radius 2 is 1.79 bits per heavy atom. The van der Waals surface area contributed by atoms with E-state index >= 15 is 0 Å². The van der Waals surface area contributed by atoms with Gasteiger partial charge in [0, 0.05) is 6.08 Å². The van der Waals surface area contributed by atoms with Gasteiger partial charge in [-0.3, -0.25) is 4.79 Å². The highest BCUT2D eigenvalue weighted by atomic mass is 32.1. The van der Waals surface area contributed by atoms with Gasteiger partial charge in [0.1, 0.15) is 0 Å². The lowest BCUT2D eigenvalue weighted by molar-refractivity contribution is -0.130. The molecule has 0 atom stereocenters.